The molecule has 0 saturated heterocycles. The topological polar surface area (TPSA) is 23.8 Å². The van der Waals surface area contributed by atoms with Crippen LogP contribution in [-0.4, -0.2) is 0 Å². The van der Waals surface area contributed by atoms with Crippen LogP contribution in [-0.2, 0) is 0 Å². The van der Waals surface area contributed by atoms with Gasteiger partial charge in [0.05, 0.1) is 11.6 Å². The lowest BCUT2D eigenvalue weighted by Gasteiger charge is -2.21. The van der Waals surface area contributed by atoms with Crippen molar-refractivity contribution >= 4 is 0 Å². The summed E-state index contributed by atoms with van der Waals surface area (Å²) in [4.78, 5) is 0. The standard InChI is InChI=1S/C11H13N/c1-8-5-6-9(7-12)11-4-2-3-10(8)11/h5-6,8,10H,2-4H2,1H3. The molecule has 0 heterocycles. The summed E-state index contributed by atoms with van der Waals surface area (Å²) in [5.74, 6) is 1.34. The van der Waals surface area contributed by atoms with Gasteiger partial charge < -0.3 is 0 Å². The Morgan fingerprint density at radius 3 is 3.17 bits per heavy atom. The fourth-order valence-electron chi connectivity index (χ4n) is 2.38. The van der Waals surface area contributed by atoms with Crippen molar-refractivity contribution in [2.45, 2.75) is 26.2 Å². The Bertz CT molecular complexity index is 291. The SMILES string of the molecule is CC1C=CC(C#N)=C2CCCC21. The van der Waals surface area contributed by atoms with E-state index in [-0.39, 0.29) is 0 Å². The summed E-state index contributed by atoms with van der Waals surface area (Å²) in [6, 6.07) is 2.29. The maximum atomic E-state index is 8.87. The number of hydrogen-bond donors (Lipinski definition) is 0. The summed E-state index contributed by atoms with van der Waals surface area (Å²) in [7, 11) is 0. The van der Waals surface area contributed by atoms with Crippen LogP contribution in [0.2, 0.25) is 0 Å². The lowest BCUT2D eigenvalue weighted by atomic mass is 9.82. The predicted octanol–water partition coefficient (Wildman–Crippen LogP) is 2.81. The molecule has 0 N–H and O–H groups in total. The van der Waals surface area contributed by atoms with Crippen molar-refractivity contribution in [1.29, 1.82) is 5.26 Å². The van der Waals surface area contributed by atoms with Crippen molar-refractivity contribution in [3.05, 3.63) is 23.3 Å². The van der Waals surface area contributed by atoms with Crippen LogP contribution in [0, 0.1) is 23.2 Å². The first-order chi connectivity index (χ1) is 5.83. The van der Waals surface area contributed by atoms with Crippen LogP contribution in [0.4, 0.5) is 0 Å². The molecule has 1 heteroatoms. The van der Waals surface area contributed by atoms with E-state index in [0.29, 0.717) is 11.8 Å². The van der Waals surface area contributed by atoms with Gasteiger partial charge in [-0.15, -0.1) is 0 Å². The van der Waals surface area contributed by atoms with Gasteiger partial charge in [-0.3, -0.25) is 0 Å². The summed E-state index contributed by atoms with van der Waals surface area (Å²) >= 11 is 0. The maximum Gasteiger partial charge on any atom is 0.0991 e. The van der Waals surface area contributed by atoms with E-state index in [2.05, 4.69) is 19.1 Å². The second-order valence-corrected chi connectivity index (χ2v) is 3.77. The summed E-state index contributed by atoms with van der Waals surface area (Å²) in [6.07, 6.45) is 7.89. The molecule has 2 rings (SSSR count). The normalized spacial score (nSPS) is 33.3. The van der Waals surface area contributed by atoms with Crippen LogP contribution in [0.3, 0.4) is 0 Å². The van der Waals surface area contributed by atoms with E-state index in [4.69, 9.17) is 5.26 Å². The minimum Gasteiger partial charge on any atom is -0.192 e. The van der Waals surface area contributed by atoms with Crippen LogP contribution in [0.5, 0.6) is 0 Å². The van der Waals surface area contributed by atoms with Crippen molar-refractivity contribution < 1.29 is 0 Å². The second-order valence-electron chi connectivity index (χ2n) is 3.77. The number of nitrogens with zero attached hydrogens (tertiary/aromatic N) is 1. The molecule has 0 aromatic carbocycles. The van der Waals surface area contributed by atoms with E-state index < -0.39 is 0 Å². The van der Waals surface area contributed by atoms with Gasteiger partial charge in [-0.05, 0) is 42.7 Å². The first kappa shape index (κ1) is 7.61. The monoisotopic (exact) mass is 159 g/mol. The molecular weight excluding hydrogens is 146 g/mol. The fraction of sp³-hybridized carbons (Fsp3) is 0.545. The Labute approximate surface area is 73.4 Å². The molecule has 12 heavy (non-hydrogen) atoms. The van der Waals surface area contributed by atoms with Crippen LogP contribution in [0.1, 0.15) is 26.2 Å². The van der Waals surface area contributed by atoms with Crippen LogP contribution in [0.25, 0.3) is 0 Å². The molecule has 2 atom stereocenters. The number of fused-ring (bicyclic) bond motifs is 1. The van der Waals surface area contributed by atoms with Crippen molar-refractivity contribution in [2.75, 3.05) is 0 Å². The summed E-state index contributed by atoms with van der Waals surface area (Å²) in [6.45, 7) is 2.25. The molecule has 62 valence electrons. The lowest BCUT2D eigenvalue weighted by Crippen LogP contribution is -2.11. The minimum atomic E-state index is 0.652. The zero-order chi connectivity index (χ0) is 8.55. The van der Waals surface area contributed by atoms with Gasteiger partial charge in [0, 0.05) is 0 Å². The van der Waals surface area contributed by atoms with E-state index in [0.717, 1.165) is 12.0 Å². The van der Waals surface area contributed by atoms with Crippen molar-refractivity contribution in [1.82, 2.24) is 0 Å². The molecule has 2 aliphatic carbocycles. The average Bonchev–Trinajstić information content (AvgIpc) is 2.54. The Hall–Kier alpha value is -1.03. The molecule has 0 aromatic heterocycles. The number of nitriles is 1. The van der Waals surface area contributed by atoms with Gasteiger partial charge in [-0.1, -0.05) is 13.0 Å². The number of rotatable bonds is 0. The Kier molecular flexibility index (Phi) is 1.77. The summed E-state index contributed by atoms with van der Waals surface area (Å²) < 4.78 is 0. The summed E-state index contributed by atoms with van der Waals surface area (Å²) in [5, 5.41) is 8.87. The molecule has 0 aliphatic heterocycles. The van der Waals surface area contributed by atoms with Gasteiger partial charge in [0.15, 0.2) is 0 Å². The molecule has 0 bridgehead atoms. The van der Waals surface area contributed by atoms with Gasteiger partial charge in [0.2, 0.25) is 0 Å². The molecule has 2 unspecified atom stereocenters. The molecular formula is C11H13N. The van der Waals surface area contributed by atoms with Crippen LogP contribution >= 0.6 is 0 Å². The van der Waals surface area contributed by atoms with E-state index in [1.165, 1.54) is 18.4 Å². The first-order valence-corrected chi connectivity index (χ1v) is 4.64. The average molecular weight is 159 g/mol. The molecule has 0 amide bonds. The third kappa shape index (κ3) is 0.992. The minimum absolute atomic E-state index is 0.652. The Balaban J connectivity index is 2.39. The predicted molar refractivity (Wildman–Crippen MR) is 48.3 cm³/mol. The molecule has 1 saturated carbocycles. The lowest BCUT2D eigenvalue weighted by molar-refractivity contribution is 0.490. The third-order valence-corrected chi connectivity index (χ3v) is 3.08. The van der Waals surface area contributed by atoms with E-state index in [1.54, 1.807) is 0 Å². The highest BCUT2D eigenvalue weighted by atomic mass is 14.4. The quantitative estimate of drug-likeness (QED) is 0.533. The second kappa shape index (κ2) is 2.79. The van der Waals surface area contributed by atoms with Crippen molar-refractivity contribution in [2.24, 2.45) is 11.8 Å². The van der Waals surface area contributed by atoms with Gasteiger partial charge in [-0.2, -0.15) is 5.26 Å². The Morgan fingerprint density at radius 2 is 2.42 bits per heavy atom. The number of hydrogen-bond acceptors (Lipinski definition) is 1. The maximum absolute atomic E-state index is 8.87. The molecule has 0 spiro atoms. The Morgan fingerprint density at radius 1 is 1.58 bits per heavy atom. The largest absolute Gasteiger partial charge is 0.192 e. The molecule has 0 aromatic rings. The van der Waals surface area contributed by atoms with Gasteiger partial charge in [-0.25, -0.2) is 0 Å². The fourth-order valence-corrected chi connectivity index (χ4v) is 2.38. The highest BCUT2D eigenvalue weighted by Crippen LogP contribution is 2.41. The molecule has 2 aliphatic rings. The van der Waals surface area contributed by atoms with Gasteiger partial charge >= 0.3 is 0 Å². The molecule has 0 radical (unpaired) electrons. The van der Waals surface area contributed by atoms with Gasteiger partial charge in [0.1, 0.15) is 0 Å². The molecule has 1 nitrogen and oxygen atoms in total. The number of allylic oxidation sites excluding steroid dienone is 4. The van der Waals surface area contributed by atoms with Crippen LogP contribution in [0.15, 0.2) is 23.3 Å². The first-order valence-electron chi connectivity index (χ1n) is 4.64. The third-order valence-electron chi connectivity index (χ3n) is 3.08. The smallest absolute Gasteiger partial charge is 0.0991 e. The highest BCUT2D eigenvalue weighted by molar-refractivity contribution is 5.43. The van der Waals surface area contributed by atoms with Crippen LogP contribution < -0.4 is 0 Å². The van der Waals surface area contributed by atoms with E-state index in [1.807, 2.05) is 6.08 Å². The van der Waals surface area contributed by atoms with E-state index in [9.17, 15) is 0 Å². The van der Waals surface area contributed by atoms with E-state index >= 15 is 0 Å². The summed E-state index contributed by atoms with van der Waals surface area (Å²) in [5.41, 5.74) is 2.36. The zero-order valence-corrected chi connectivity index (χ0v) is 7.38. The van der Waals surface area contributed by atoms with Crippen molar-refractivity contribution in [3.8, 4) is 6.07 Å². The zero-order valence-electron chi connectivity index (χ0n) is 7.38. The van der Waals surface area contributed by atoms with Crippen molar-refractivity contribution in [3.63, 3.8) is 0 Å². The highest BCUT2D eigenvalue weighted by Gasteiger charge is 2.29. The molecule has 1 fully saturated rings. The van der Waals surface area contributed by atoms with Gasteiger partial charge in [0.25, 0.3) is 0 Å².